The Morgan fingerprint density at radius 1 is 1.42 bits per heavy atom. The first-order chi connectivity index (χ1) is 5.65. The van der Waals surface area contributed by atoms with E-state index < -0.39 is 0 Å². The number of nitrogens with two attached hydrogens (primary N) is 1. The minimum atomic E-state index is -0.325. The quantitative estimate of drug-likeness (QED) is 0.589. The van der Waals surface area contributed by atoms with Gasteiger partial charge in [-0.1, -0.05) is 0 Å². The summed E-state index contributed by atoms with van der Waals surface area (Å²) in [4.78, 5) is 16.2. The molecule has 0 aromatic carbocycles. The van der Waals surface area contributed by atoms with E-state index >= 15 is 0 Å². The van der Waals surface area contributed by atoms with Gasteiger partial charge in [0.05, 0.1) is 0 Å². The third-order valence-electron chi connectivity index (χ3n) is 1.28. The lowest BCUT2D eigenvalue weighted by Crippen LogP contribution is -2.27. The van der Waals surface area contributed by atoms with Crippen molar-refractivity contribution in [2.75, 3.05) is 6.54 Å². The van der Waals surface area contributed by atoms with E-state index in [1.807, 2.05) is 0 Å². The minimum absolute atomic E-state index is 0.235. The van der Waals surface area contributed by atoms with E-state index in [-0.39, 0.29) is 10.5 Å². The van der Waals surface area contributed by atoms with Crippen LogP contribution in [0.25, 0.3) is 0 Å². The summed E-state index contributed by atoms with van der Waals surface area (Å²) in [5.41, 5.74) is 4.95. The van der Waals surface area contributed by atoms with Crippen LogP contribution in [0.5, 0.6) is 0 Å². The van der Waals surface area contributed by atoms with Crippen LogP contribution >= 0.6 is 24.4 Å². The average Bonchev–Trinajstić information content (AvgIpc) is 1.96. The Morgan fingerprint density at radius 2 is 2.08 bits per heavy atom. The molecule has 12 heavy (non-hydrogen) atoms. The molecule has 66 valence electrons. The van der Waals surface area contributed by atoms with E-state index in [9.17, 15) is 4.79 Å². The molecule has 0 saturated carbocycles. The van der Waals surface area contributed by atoms with Crippen molar-refractivity contribution >= 4 is 24.4 Å². The smallest absolute Gasteiger partial charge is 0.329 e. The molecule has 0 radical (unpaired) electrons. The number of nitrogens with zero attached hydrogens (tertiary/aromatic N) is 1. The maximum Gasteiger partial charge on any atom is 0.329 e. The lowest BCUT2D eigenvalue weighted by Gasteiger charge is -2.01. The Labute approximate surface area is 78.2 Å². The number of H-pyrrole nitrogens is 2. The largest absolute Gasteiger partial charge is 0.329 e. The van der Waals surface area contributed by atoms with Crippen molar-refractivity contribution in [3.63, 3.8) is 0 Å². The number of hydrogen-bond acceptors (Lipinski definition) is 4. The molecule has 1 aromatic heterocycles. The first-order valence-corrected chi connectivity index (χ1v) is 4.10. The Hall–Kier alpha value is -0.790. The Kier molecular flexibility index (Phi) is 2.90. The number of rotatable bonds is 2. The molecule has 0 aliphatic heterocycles. The topological polar surface area (TPSA) is 79.6 Å². The van der Waals surface area contributed by atoms with Crippen molar-refractivity contribution < 1.29 is 0 Å². The molecule has 0 bridgehead atoms. The van der Waals surface area contributed by atoms with Crippen LogP contribution in [-0.2, 0) is 6.54 Å². The zero-order valence-electron chi connectivity index (χ0n) is 6.16. The molecule has 0 amide bonds. The van der Waals surface area contributed by atoms with Crippen molar-refractivity contribution in [2.24, 2.45) is 5.73 Å². The summed E-state index contributed by atoms with van der Waals surface area (Å²) in [5, 5.41) is 0. The van der Waals surface area contributed by atoms with Crippen LogP contribution in [0, 0.1) is 9.54 Å². The van der Waals surface area contributed by atoms with E-state index in [0.29, 0.717) is 17.9 Å². The number of aromatic amines is 2. The summed E-state index contributed by atoms with van der Waals surface area (Å²) < 4.78 is 1.86. The Bertz CT molecular complexity index is 394. The van der Waals surface area contributed by atoms with Gasteiger partial charge in [0, 0.05) is 13.1 Å². The monoisotopic (exact) mass is 204 g/mol. The minimum Gasteiger partial charge on any atom is -0.329 e. The molecule has 1 heterocycles. The fourth-order valence-electron chi connectivity index (χ4n) is 0.785. The molecule has 5 nitrogen and oxygen atoms in total. The zero-order chi connectivity index (χ0) is 9.14. The third kappa shape index (κ3) is 1.87. The van der Waals surface area contributed by atoms with Crippen molar-refractivity contribution in [3.8, 4) is 0 Å². The van der Waals surface area contributed by atoms with E-state index in [2.05, 4.69) is 9.97 Å². The van der Waals surface area contributed by atoms with Crippen molar-refractivity contribution in [1.82, 2.24) is 14.5 Å². The van der Waals surface area contributed by atoms with Gasteiger partial charge in [0.1, 0.15) is 0 Å². The molecule has 0 saturated heterocycles. The second-order valence-corrected chi connectivity index (χ2v) is 2.92. The highest BCUT2D eigenvalue weighted by molar-refractivity contribution is 7.71. The van der Waals surface area contributed by atoms with Gasteiger partial charge < -0.3 is 10.7 Å². The second-order valence-electron chi connectivity index (χ2n) is 2.13. The van der Waals surface area contributed by atoms with Gasteiger partial charge in [0.15, 0.2) is 9.54 Å². The highest BCUT2D eigenvalue weighted by atomic mass is 32.1. The molecule has 0 atom stereocenters. The molecular formula is C5H8N4OS2. The first kappa shape index (κ1) is 9.30. The molecular weight excluding hydrogens is 196 g/mol. The molecule has 1 aromatic rings. The molecule has 0 spiro atoms. The maximum absolute atomic E-state index is 11.1. The highest BCUT2D eigenvalue weighted by Crippen LogP contribution is 1.81. The lowest BCUT2D eigenvalue weighted by atomic mass is 10.6. The van der Waals surface area contributed by atoms with E-state index in [4.69, 9.17) is 30.2 Å². The lowest BCUT2D eigenvalue weighted by molar-refractivity contribution is 0.626. The van der Waals surface area contributed by atoms with Gasteiger partial charge in [-0.25, -0.2) is 4.79 Å². The number of aromatic nitrogens is 3. The van der Waals surface area contributed by atoms with Gasteiger partial charge in [-0.05, 0) is 24.4 Å². The predicted octanol–water partition coefficient (Wildman–Crippen LogP) is -0.0778. The zero-order valence-corrected chi connectivity index (χ0v) is 7.80. The van der Waals surface area contributed by atoms with Crippen LogP contribution in [0.3, 0.4) is 0 Å². The fraction of sp³-hybridized carbons (Fsp3) is 0.400. The van der Waals surface area contributed by atoms with Crippen LogP contribution in [0.2, 0.25) is 0 Å². The fourth-order valence-corrected chi connectivity index (χ4v) is 1.31. The first-order valence-electron chi connectivity index (χ1n) is 3.28. The predicted molar refractivity (Wildman–Crippen MR) is 50.1 cm³/mol. The normalized spacial score (nSPS) is 10.1. The average molecular weight is 204 g/mol. The van der Waals surface area contributed by atoms with E-state index in [1.165, 1.54) is 4.57 Å². The molecule has 0 unspecified atom stereocenters. The summed E-state index contributed by atoms with van der Waals surface area (Å²) in [5.74, 6) is 0. The van der Waals surface area contributed by atoms with Crippen LogP contribution in [-0.4, -0.2) is 21.1 Å². The standard InChI is InChI=1S/C5H8N4OS2/c6-1-2-9-4(10)7-3(11)8-5(9)12/h1-2,6H2,(H2,7,8,10,11,12). The van der Waals surface area contributed by atoms with Crippen LogP contribution in [0.4, 0.5) is 0 Å². The third-order valence-corrected chi connectivity index (χ3v) is 1.81. The Balaban J connectivity index is 3.39. The molecule has 1 rings (SSSR count). The van der Waals surface area contributed by atoms with Crippen molar-refractivity contribution in [3.05, 3.63) is 20.0 Å². The van der Waals surface area contributed by atoms with Crippen LogP contribution in [0.1, 0.15) is 0 Å². The molecule has 0 aliphatic carbocycles. The van der Waals surface area contributed by atoms with E-state index in [1.54, 1.807) is 0 Å². The number of nitrogens with one attached hydrogen (secondary N) is 2. The maximum atomic E-state index is 11.1. The van der Waals surface area contributed by atoms with Crippen molar-refractivity contribution in [1.29, 1.82) is 0 Å². The molecule has 0 aliphatic rings. The van der Waals surface area contributed by atoms with Gasteiger partial charge in [0.25, 0.3) is 0 Å². The van der Waals surface area contributed by atoms with Gasteiger partial charge in [-0.15, -0.1) is 0 Å². The summed E-state index contributed by atoms with van der Waals surface area (Å²) in [6.45, 7) is 0.752. The summed E-state index contributed by atoms with van der Waals surface area (Å²) in [6.07, 6.45) is 0. The van der Waals surface area contributed by atoms with Gasteiger partial charge in [-0.2, -0.15) is 0 Å². The summed E-state index contributed by atoms with van der Waals surface area (Å²) >= 11 is 9.57. The molecule has 7 heteroatoms. The van der Waals surface area contributed by atoms with Crippen LogP contribution in [0.15, 0.2) is 4.79 Å². The summed E-state index contributed by atoms with van der Waals surface area (Å²) in [7, 11) is 0. The highest BCUT2D eigenvalue weighted by Gasteiger charge is 1.95. The Morgan fingerprint density at radius 3 is 2.58 bits per heavy atom. The summed E-state index contributed by atoms with van der Waals surface area (Å²) in [6, 6.07) is 0. The van der Waals surface area contributed by atoms with Crippen LogP contribution < -0.4 is 11.4 Å². The molecule has 0 fully saturated rings. The van der Waals surface area contributed by atoms with Gasteiger partial charge in [-0.3, -0.25) is 9.55 Å². The van der Waals surface area contributed by atoms with Crippen molar-refractivity contribution in [2.45, 2.75) is 6.54 Å². The SMILES string of the molecule is NCCn1c(=O)[nH]c(=S)[nH]c1=S. The number of hydrogen-bond donors (Lipinski definition) is 3. The molecule has 4 N–H and O–H groups in total. The van der Waals surface area contributed by atoms with E-state index in [0.717, 1.165) is 0 Å². The van der Waals surface area contributed by atoms with Gasteiger partial charge >= 0.3 is 5.69 Å². The second kappa shape index (κ2) is 3.74. The van der Waals surface area contributed by atoms with Gasteiger partial charge in [0.2, 0.25) is 0 Å².